The second kappa shape index (κ2) is 6.24. The third-order valence-corrected chi connectivity index (χ3v) is 3.75. The first kappa shape index (κ1) is 13.5. The Morgan fingerprint density at radius 2 is 2.00 bits per heavy atom. The van der Waals surface area contributed by atoms with Gasteiger partial charge in [0.25, 0.3) is 0 Å². The molecule has 1 aliphatic heterocycles. The zero-order valence-corrected chi connectivity index (χ0v) is 11.1. The van der Waals surface area contributed by atoms with E-state index in [2.05, 4.69) is 26.1 Å². The molecule has 1 aliphatic rings. The van der Waals surface area contributed by atoms with Crippen LogP contribution >= 0.6 is 0 Å². The Labute approximate surface area is 99.6 Å². The van der Waals surface area contributed by atoms with E-state index in [4.69, 9.17) is 0 Å². The van der Waals surface area contributed by atoms with E-state index in [-0.39, 0.29) is 11.9 Å². The van der Waals surface area contributed by atoms with Crippen molar-refractivity contribution in [3.8, 4) is 0 Å². The average Bonchev–Trinajstić information content (AvgIpc) is 2.29. The van der Waals surface area contributed by atoms with Gasteiger partial charge in [0.05, 0.1) is 6.04 Å². The molecule has 2 unspecified atom stereocenters. The van der Waals surface area contributed by atoms with Crippen molar-refractivity contribution >= 4 is 5.91 Å². The standard InChI is InChI=1S/C13H26N2O/c1-5-11(6-2)15(4)13(16)12-9-7-8-10(3)14-12/h10-12,14H,5-9H2,1-4H3. The molecule has 2 atom stereocenters. The van der Waals surface area contributed by atoms with Gasteiger partial charge in [-0.3, -0.25) is 4.79 Å². The van der Waals surface area contributed by atoms with E-state index < -0.39 is 0 Å². The Hall–Kier alpha value is -0.570. The fraction of sp³-hybridized carbons (Fsp3) is 0.923. The van der Waals surface area contributed by atoms with Crippen LogP contribution in [0.25, 0.3) is 0 Å². The van der Waals surface area contributed by atoms with Crippen molar-refractivity contribution in [3.63, 3.8) is 0 Å². The highest BCUT2D eigenvalue weighted by Crippen LogP contribution is 2.16. The molecule has 1 amide bonds. The molecular formula is C13H26N2O. The Kier molecular flexibility index (Phi) is 5.26. The van der Waals surface area contributed by atoms with Crippen LogP contribution in [0, 0.1) is 0 Å². The highest BCUT2D eigenvalue weighted by atomic mass is 16.2. The molecule has 1 saturated heterocycles. The van der Waals surface area contributed by atoms with Gasteiger partial charge >= 0.3 is 0 Å². The van der Waals surface area contributed by atoms with Crippen LogP contribution in [0.15, 0.2) is 0 Å². The first-order chi connectivity index (χ1) is 7.60. The summed E-state index contributed by atoms with van der Waals surface area (Å²) in [7, 11) is 1.95. The van der Waals surface area contributed by atoms with Crippen LogP contribution in [0.2, 0.25) is 0 Å². The molecule has 1 fully saturated rings. The van der Waals surface area contributed by atoms with Crippen LogP contribution in [0.1, 0.15) is 52.9 Å². The molecule has 0 aromatic carbocycles. The first-order valence-electron chi connectivity index (χ1n) is 6.62. The minimum Gasteiger partial charge on any atom is -0.341 e. The molecule has 0 spiro atoms. The zero-order chi connectivity index (χ0) is 12.1. The molecular weight excluding hydrogens is 200 g/mol. The molecule has 1 rings (SSSR count). The molecule has 16 heavy (non-hydrogen) atoms. The smallest absolute Gasteiger partial charge is 0.239 e. The van der Waals surface area contributed by atoms with Gasteiger partial charge < -0.3 is 10.2 Å². The average molecular weight is 226 g/mol. The van der Waals surface area contributed by atoms with Crippen molar-refractivity contribution in [2.24, 2.45) is 0 Å². The maximum atomic E-state index is 12.3. The summed E-state index contributed by atoms with van der Waals surface area (Å²) in [6, 6.07) is 0.929. The number of piperidine rings is 1. The molecule has 0 aliphatic carbocycles. The predicted molar refractivity (Wildman–Crippen MR) is 67.4 cm³/mol. The van der Waals surface area contributed by atoms with E-state index >= 15 is 0 Å². The Bertz CT molecular complexity index is 222. The Morgan fingerprint density at radius 3 is 2.50 bits per heavy atom. The summed E-state index contributed by atoms with van der Waals surface area (Å²) in [5, 5.41) is 3.41. The summed E-state index contributed by atoms with van der Waals surface area (Å²) < 4.78 is 0. The van der Waals surface area contributed by atoms with Crippen LogP contribution in [0.3, 0.4) is 0 Å². The number of nitrogens with one attached hydrogen (secondary N) is 1. The van der Waals surface area contributed by atoms with Gasteiger partial charge in [-0.05, 0) is 39.0 Å². The van der Waals surface area contributed by atoms with Crippen molar-refractivity contribution < 1.29 is 4.79 Å². The second-order valence-electron chi connectivity index (χ2n) is 4.97. The zero-order valence-electron chi connectivity index (χ0n) is 11.1. The highest BCUT2D eigenvalue weighted by molar-refractivity contribution is 5.82. The number of hydrogen-bond acceptors (Lipinski definition) is 2. The fourth-order valence-corrected chi connectivity index (χ4v) is 2.60. The van der Waals surface area contributed by atoms with Crippen molar-refractivity contribution in [3.05, 3.63) is 0 Å². The normalized spacial score (nSPS) is 25.8. The summed E-state index contributed by atoms with van der Waals surface area (Å²) in [6.07, 6.45) is 5.44. The van der Waals surface area contributed by atoms with Crippen molar-refractivity contribution in [1.29, 1.82) is 0 Å². The minimum atomic E-state index is 0.0503. The van der Waals surface area contributed by atoms with Gasteiger partial charge in [0.15, 0.2) is 0 Å². The van der Waals surface area contributed by atoms with Gasteiger partial charge in [-0.2, -0.15) is 0 Å². The molecule has 94 valence electrons. The summed E-state index contributed by atoms with van der Waals surface area (Å²) in [5.74, 6) is 0.278. The monoisotopic (exact) mass is 226 g/mol. The molecule has 0 aromatic rings. The predicted octanol–water partition coefficient (Wildman–Crippen LogP) is 2.16. The minimum absolute atomic E-state index is 0.0503. The van der Waals surface area contributed by atoms with E-state index in [0.29, 0.717) is 12.1 Å². The maximum Gasteiger partial charge on any atom is 0.239 e. The number of likely N-dealkylation sites (N-methyl/N-ethyl adjacent to an activating group) is 1. The van der Waals surface area contributed by atoms with Gasteiger partial charge in [0.1, 0.15) is 0 Å². The van der Waals surface area contributed by atoms with Crippen molar-refractivity contribution in [2.75, 3.05) is 7.05 Å². The third kappa shape index (κ3) is 3.21. The summed E-state index contributed by atoms with van der Waals surface area (Å²) in [6.45, 7) is 6.46. The van der Waals surface area contributed by atoms with Crippen molar-refractivity contribution in [1.82, 2.24) is 10.2 Å². The van der Waals surface area contributed by atoms with Crippen LogP contribution in [0.5, 0.6) is 0 Å². The van der Waals surface area contributed by atoms with Gasteiger partial charge in [0.2, 0.25) is 5.91 Å². The molecule has 1 heterocycles. The topological polar surface area (TPSA) is 32.3 Å². The maximum absolute atomic E-state index is 12.3. The van der Waals surface area contributed by atoms with Gasteiger partial charge in [-0.25, -0.2) is 0 Å². The molecule has 0 radical (unpaired) electrons. The number of carbonyl (C=O) groups is 1. The SMILES string of the molecule is CCC(CC)N(C)C(=O)C1CCCC(C)N1. The Balaban J connectivity index is 2.55. The molecule has 0 bridgehead atoms. The van der Waals surface area contributed by atoms with Crippen LogP contribution < -0.4 is 5.32 Å². The van der Waals surface area contributed by atoms with Crippen molar-refractivity contribution in [2.45, 2.75) is 71.0 Å². The quantitative estimate of drug-likeness (QED) is 0.796. The number of rotatable bonds is 4. The molecule has 3 nitrogen and oxygen atoms in total. The summed E-state index contributed by atoms with van der Waals surface area (Å²) in [5.41, 5.74) is 0. The molecule has 1 N–H and O–H groups in total. The summed E-state index contributed by atoms with van der Waals surface area (Å²) in [4.78, 5) is 14.2. The van der Waals surface area contributed by atoms with E-state index in [1.54, 1.807) is 0 Å². The number of amides is 1. The van der Waals surface area contributed by atoms with E-state index in [1.165, 1.54) is 12.8 Å². The third-order valence-electron chi connectivity index (χ3n) is 3.75. The Morgan fingerprint density at radius 1 is 1.38 bits per heavy atom. The lowest BCUT2D eigenvalue weighted by Crippen LogP contribution is -2.52. The number of nitrogens with zero attached hydrogens (tertiary/aromatic N) is 1. The van der Waals surface area contributed by atoms with E-state index in [1.807, 2.05) is 11.9 Å². The molecule has 0 saturated carbocycles. The highest BCUT2D eigenvalue weighted by Gasteiger charge is 2.28. The van der Waals surface area contributed by atoms with Crippen LogP contribution in [0.4, 0.5) is 0 Å². The summed E-state index contributed by atoms with van der Waals surface area (Å²) >= 11 is 0. The van der Waals surface area contributed by atoms with E-state index in [9.17, 15) is 4.79 Å². The number of hydrogen-bond donors (Lipinski definition) is 1. The van der Waals surface area contributed by atoms with Gasteiger partial charge in [0, 0.05) is 19.1 Å². The lowest BCUT2D eigenvalue weighted by atomic mass is 9.98. The molecule has 3 heteroatoms. The van der Waals surface area contributed by atoms with Crippen LogP contribution in [-0.2, 0) is 4.79 Å². The van der Waals surface area contributed by atoms with Gasteiger partial charge in [-0.15, -0.1) is 0 Å². The van der Waals surface area contributed by atoms with Crippen LogP contribution in [-0.4, -0.2) is 36.0 Å². The first-order valence-corrected chi connectivity index (χ1v) is 6.62. The molecule has 0 aromatic heterocycles. The lowest BCUT2D eigenvalue weighted by Gasteiger charge is -2.34. The fourth-order valence-electron chi connectivity index (χ4n) is 2.60. The lowest BCUT2D eigenvalue weighted by molar-refractivity contribution is -0.135. The second-order valence-corrected chi connectivity index (χ2v) is 4.97. The number of carbonyl (C=O) groups excluding carboxylic acids is 1. The largest absolute Gasteiger partial charge is 0.341 e. The van der Waals surface area contributed by atoms with Gasteiger partial charge in [-0.1, -0.05) is 13.8 Å². The van der Waals surface area contributed by atoms with E-state index in [0.717, 1.165) is 19.3 Å².